The van der Waals surface area contributed by atoms with Crippen LogP contribution in [0.1, 0.15) is 13.3 Å². The lowest BCUT2D eigenvalue weighted by Crippen LogP contribution is -2.13. The summed E-state index contributed by atoms with van der Waals surface area (Å²) in [6.07, 6.45) is 0.256. The maximum absolute atomic E-state index is 11.2. The van der Waals surface area contributed by atoms with Crippen LogP contribution < -0.4 is 5.32 Å². The van der Waals surface area contributed by atoms with Crippen molar-refractivity contribution in [3.05, 3.63) is 16.8 Å². The van der Waals surface area contributed by atoms with Crippen molar-refractivity contribution in [2.45, 2.75) is 13.3 Å². The highest BCUT2D eigenvalue weighted by Crippen LogP contribution is 2.12. The van der Waals surface area contributed by atoms with Gasteiger partial charge in [-0.3, -0.25) is 4.79 Å². The van der Waals surface area contributed by atoms with Crippen molar-refractivity contribution in [1.29, 1.82) is 5.26 Å². The zero-order valence-electron chi connectivity index (χ0n) is 7.28. The molecular weight excluding hydrogens is 184 g/mol. The standard InChI is InChI=1S/C9H10N2OS/c1-7(5-10)4-9(12)11-8-2-3-13-6-8/h2-3,6-7H,4H2,1H3,(H,11,12). The van der Waals surface area contributed by atoms with E-state index in [0.717, 1.165) is 5.69 Å². The Labute approximate surface area is 81.0 Å². The highest BCUT2D eigenvalue weighted by molar-refractivity contribution is 7.08. The normalized spacial score (nSPS) is 11.7. The Balaban J connectivity index is 2.39. The fourth-order valence-electron chi connectivity index (χ4n) is 0.871. The van der Waals surface area contributed by atoms with Gasteiger partial charge in [0, 0.05) is 11.8 Å². The van der Waals surface area contributed by atoms with E-state index in [4.69, 9.17) is 5.26 Å². The second kappa shape index (κ2) is 4.63. The summed E-state index contributed by atoms with van der Waals surface area (Å²) in [7, 11) is 0. The van der Waals surface area contributed by atoms with Crippen LogP contribution in [0.2, 0.25) is 0 Å². The number of nitrogens with zero attached hydrogens (tertiary/aromatic N) is 1. The second-order valence-corrected chi connectivity index (χ2v) is 3.57. The lowest BCUT2D eigenvalue weighted by Gasteiger charge is -2.02. The van der Waals surface area contributed by atoms with Crippen LogP contribution in [0.15, 0.2) is 16.8 Å². The van der Waals surface area contributed by atoms with Gasteiger partial charge in [-0.2, -0.15) is 16.6 Å². The van der Waals surface area contributed by atoms with Gasteiger partial charge in [0.1, 0.15) is 0 Å². The first-order chi connectivity index (χ1) is 6.22. The summed E-state index contributed by atoms with van der Waals surface area (Å²) in [5.41, 5.74) is 0.806. The van der Waals surface area contributed by atoms with E-state index in [1.807, 2.05) is 22.9 Å². The highest BCUT2D eigenvalue weighted by Gasteiger charge is 2.07. The minimum atomic E-state index is -0.223. The number of nitrogens with one attached hydrogen (secondary N) is 1. The molecular formula is C9H10N2OS. The number of anilines is 1. The van der Waals surface area contributed by atoms with E-state index >= 15 is 0 Å². The first-order valence-electron chi connectivity index (χ1n) is 3.94. The molecule has 13 heavy (non-hydrogen) atoms. The van der Waals surface area contributed by atoms with Gasteiger partial charge in [-0.1, -0.05) is 0 Å². The lowest BCUT2D eigenvalue weighted by atomic mass is 10.1. The summed E-state index contributed by atoms with van der Waals surface area (Å²) in [5, 5.41) is 14.9. The number of rotatable bonds is 3. The molecule has 1 rings (SSSR count). The molecule has 1 amide bonds. The van der Waals surface area contributed by atoms with Crippen LogP contribution in [-0.2, 0) is 4.79 Å². The minimum Gasteiger partial charge on any atom is -0.325 e. The van der Waals surface area contributed by atoms with Crippen LogP contribution in [-0.4, -0.2) is 5.91 Å². The summed E-state index contributed by atoms with van der Waals surface area (Å²) in [6.45, 7) is 1.73. The number of nitriles is 1. The van der Waals surface area contributed by atoms with Crippen molar-refractivity contribution in [2.24, 2.45) is 5.92 Å². The fraction of sp³-hybridized carbons (Fsp3) is 0.333. The molecule has 1 aromatic rings. The molecule has 0 saturated heterocycles. The van der Waals surface area contributed by atoms with Crippen molar-refractivity contribution >= 4 is 22.9 Å². The van der Waals surface area contributed by atoms with Crippen molar-refractivity contribution in [2.75, 3.05) is 5.32 Å². The first kappa shape index (κ1) is 9.75. The number of carbonyl (C=O) groups is 1. The average Bonchev–Trinajstić information content (AvgIpc) is 2.56. The van der Waals surface area contributed by atoms with Crippen LogP contribution in [0, 0.1) is 17.2 Å². The smallest absolute Gasteiger partial charge is 0.225 e. The molecule has 3 nitrogen and oxygen atoms in total. The number of hydrogen-bond donors (Lipinski definition) is 1. The fourth-order valence-corrected chi connectivity index (χ4v) is 1.46. The Morgan fingerprint density at radius 1 is 1.85 bits per heavy atom. The monoisotopic (exact) mass is 194 g/mol. The topological polar surface area (TPSA) is 52.9 Å². The predicted molar refractivity (Wildman–Crippen MR) is 52.3 cm³/mol. The molecule has 1 N–H and O–H groups in total. The van der Waals surface area contributed by atoms with Crippen LogP contribution in [0.4, 0.5) is 5.69 Å². The molecule has 0 aliphatic heterocycles. The molecule has 0 saturated carbocycles. The van der Waals surface area contributed by atoms with E-state index in [0.29, 0.717) is 0 Å². The molecule has 0 aliphatic carbocycles. The Hall–Kier alpha value is -1.34. The Morgan fingerprint density at radius 2 is 2.62 bits per heavy atom. The summed E-state index contributed by atoms with van der Waals surface area (Å²) < 4.78 is 0. The van der Waals surface area contributed by atoms with E-state index in [2.05, 4.69) is 5.32 Å². The maximum Gasteiger partial charge on any atom is 0.225 e. The predicted octanol–water partition coefficient (Wildman–Crippen LogP) is 2.24. The summed E-state index contributed by atoms with van der Waals surface area (Å²) in [4.78, 5) is 11.2. The number of carbonyl (C=O) groups excluding carboxylic acids is 1. The molecule has 4 heteroatoms. The Bertz CT molecular complexity index is 313. The molecule has 0 spiro atoms. The van der Waals surface area contributed by atoms with Gasteiger partial charge in [-0.25, -0.2) is 0 Å². The molecule has 1 heterocycles. The van der Waals surface area contributed by atoms with E-state index in [-0.39, 0.29) is 18.2 Å². The molecule has 0 radical (unpaired) electrons. The van der Waals surface area contributed by atoms with E-state index in [1.54, 1.807) is 6.92 Å². The molecule has 0 fully saturated rings. The quantitative estimate of drug-likeness (QED) is 0.802. The summed E-state index contributed by atoms with van der Waals surface area (Å²) in [5.74, 6) is -0.328. The van der Waals surface area contributed by atoms with Gasteiger partial charge < -0.3 is 5.32 Å². The number of hydrogen-bond acceptors (Lipinski definition) is 3. The molecule has 1 atom stereocenters. The van der Waals surface area contributed by atoms with Gasteiger partial charge in [0.05, 0.1) is 17.7 Å². The largest absolute Gasteiger partial charge is 0.325 e. The zero-order valence-corrected chi connectivity index (χ0v) is 8.10. The third-order valence-electron chi connectivity index (χ3n) is 1.52. The van der Waals surface area contributed by atoms with E-state index in [9.17, 15) is 4.79 Å². The molecule has 0 aliphatic rings. The van der Waals surface area contributed by atoms with Gasteiger partial charge in [0.2, 0.25) is 5.91 Å². The third-order valence-corrected chi connectivity index (χ3v) is 2.20. The third kappa shape index (κ3) is 3.26. The van der Waals surface area contributed by atoms with E-state index in [1.165, 1.54) is 11.3 Å². The molecule has 1 aromatic heterocycles. The van der Waals surface area contributed by atoms with Crippen molar-refractivity contribution in [3.63, 3.8) is 0 Å². The first-order valence-corrected chi connectivity index (χ1v) is 4.88. The molecule has 0 bridgehead atoms. The van der Waals surface area contributed by atoms with Crippen LogP contribution in [0.25, 0.3) is 0 Å². The number of thiophene rings is 1. The minimum absolute atomic E-state index is 0.104. The van der Waals surface area contributed by atoms with Crippen LogP contribution >= 0.6 is 11.3 Å². The second-order valence-electron chi connectivity index (χ2n) is 2.79. The van der Waals surface area contributed by atoms with Gasteiger partial charge in [0.15, 0.2) is 0 Å². The van der Waals surface area contributed by atoms with Gasteiger partial charge >= 0.3 is 0 Å². The van der Waals surface area contributed by atoms with E-state index < -0.39 is 0 Å². The van der Waals surface area contributed by atoms with Gasteiger partial charge in [-0.05, 0) is 18.4 Å². The molecule has 68 valence electrons. The molecule has 0 aromatic carbocycles. The lowest BCUT2D eigenvalue weighted by molar-refractivity contribution is -0.116. The zero-order chi connectivity index (χ0) is 9.68. The summed E-state index contributed by atoms with van der Waals surface area (Å²) in [6, 6.07) is 3.85. The van der Waals surface area contributed by atoms with Crippen LogP contribution in [0.5, 0.6) is 0 Å². The van der Waals surface area contributed by atoms with Crippen molar-refractivity contribution in [1.82, 2.24) is 0 Å². The van der Waals surface area contributed by atoms with Crippen molar-refractivity contribution in [3.8, 4) is 6.07 Å². The van der Waals surface area contributed by atoms with Crippen LogP contribution in [0.3, 0.4) is 0 Å². The Kier molecular flexibility index (Phi) is 3.47. The maximum atomic E-state index is 11.2. The highest BCUT2D eigenvalue weighted by atomic mass is 32.1. The number of amides is 1. The van der Waals surface area contributed by atoms with Gasteiger partial charge in [0.25, 0.3) is 0 Å². The average molecular weight is 194 g/mol. The molecule has 1 unspecified atom stereocenters. The Morgan fingerprint density at radius 3 is 3.15 bits per heavy atom. The van der Waals surface area contributed by atoms with Crippen molar-refractivity contribution < 1.29 is 4.79 Å². The summed E-state index contributed by atoms with van der Waals surface area (Å²) >= 11 is 1.53. The van der Waals surface area contributed by atoms with Gasteiger partial charge in [-0.15, -0.1) is 0 Å². The SMILES string of the molecule is CC(C#N)CC(=O)Nc1ccsc1.